The molecule has 0 aliphatic rings. The summed E-state index contributed by atoms with van der Waals surface area (Å²) in [6.07, 6.45) is 1.54. The van der Waals surface area contributed by atoms with Crippen LogP contribution < -0.4 is 5.32 Å². The van der Waals surface area contributed by atoms with Gasteiger partial charge in [0, 0.05) is 0 Å². The number of hydrogen-bond acceptors (Lipinski definition) is 7. The SMILES string of the molecule is Cc1nc(NC(=O)CSc2nnc(-c3ccoc3C)o2)c(Cl)cc1Cl. The van der Waals surface area contributed by atoms with Crippen LogP contribution in [0, 0.1) is 13.8 Å². The van der Waals surface area contributed by atoms with Crippen LogP contribution in [-0.4, -0.2) is 26.8 Å². The van der Waals surface area contributed by atoms with E-state index in [9.17, 15) is 4.79 Å². The lowest BCUT2D eigenvalue weighted by Crippen LogP contribution is -2.15. The van der Waals surface area contributed by atoms with E-state index in [0.717, 1.165) is 17.3 Å². The van der Waals surface area contributed by atoms with Gasteiger partial charge in [-0.3, -0.25) is 4.79 Å². The number of aryl methyl sites for hydroxylation is 2. The summed E-state index contributed by atoms with van der Waals surface area (Å²) in [5.74, 6) is 1.03. The zero-order chi connectivity index (χ0) is 18.0. The number of carbonyl (C=O) groups is 1. The van der Waals surface area contributed by atoms with E-state index in [2.05, 4.69) is 20.5 Å². The first-order valence-electron chi connectivity index (χ1n) is 7.07. The molecule has 3 aromatic heterocycles. The fourth-order valence-corrected chi connectivity index (χ4v) is 2.89. The molecule has 1 N–H and O–H groups in total. The Labute approximate surface area is 157 Å². The van der Waals surface area contributed by atoms with E-state index in [1.54, 1.807) is 26.2 Å². The van der Waals surface area contributed by atoms with Crippen molar-refractivity contribution in [2.75, 3.05) is 11.1 Å². The molecule has 7 nitrogen and oxygen atoms in total. The lowest BCUT2D eigenvalue weighted by atomic mass is 10.3. The third kappa shape index (κ3) is 4.15. The zero-order valence-electron chi connectivity index (χ0n) is 13.2. The van der Waals surface area contributed by atoms with Crippen LogP contribution in [0.15, 0.2) is 32.5 Å². The number of pyridine rings is 1. The first kappa shape index (κ1) is 17.8. The van der Waals surface area contributed by atoms with Gasteiger partial charge in [0.15, 0.2) is 5.82 Å². The minimum absolute atomic E-state index is 0.0612. The van der Waals surface area contributed by atoms with E-state index in [-0.39, 0.29) is 27.7 Å². The van der Waals surface area contributed by atoms with Crippen molar-refractivity contribution in [1.29, 1.82) is 0 Å². The standard InChI is InChI=1S/C15H12Cl2N4O3S/c1-7-10(16)5-11(17)13(18-7)19-12(22)6-25-15-21-20-14(24-15)9-3-4-23-8(9)2/h3-5H,6H2,1-2H3,(H,18,19,22). The number of nitrogens with zero attached hydrogens (tertiary/aromatic N) is 3. The maximum atomic E-state index is 12.1. The number of rotatable bonds is 5. The first-order chi connectivity index (χ1) is 11.9. The lowest BCUT2D eigenvalue weighted by Gasteiger charge is -2.07. The van der Waals surface area contributed by atoms with Gasteiger partial charge < -0.3 is 14.2 Å². The third-order valence-corrected chi connectivity index (χ3v) is 4.67. The van der Waals surface area contributed by atoms with Crippen LogP contribution in [0.5, 0.6) is 0 Å². The molecule has 0 bridgehead atoms. The lowest BCUT2D eigenvalue weighted by molar-refractivity contribution is -0.113. The van der Waals surface area contributed by atoms with Crippen LogP contribution in [0.2, 0.25) is 10.0 Å². The molecule has 0 aromatic carbocycles. The molecule has 3 rings (SSSR count). The maximum absolute atomic E-state index is 12.1. The van der Waals surface area contributed by atoms with Gasteiger partial charge in [0.1, 0.15) is 5.76 Å². The quantitative estimate of drug-likeness (QED) is 0.637. The Kier molecular flexibility index (Phi) is 5.31. The average Bonchev–Trinajstić information content (AvgIpc) is 3.19. The summed E-state index contributed by atoms with van der Waals surface area (Å²) in [6.45, 7) is 3.52. The summed E-state index contributed by atoms with van der Waals surface area (Å²) in [5.41, 5.74) is 1.29. The summed E-state index contributed by atoms with van der Waals surface area (Å²) in [7, 11) is 0. The fraction of sp³-hybridized carbons (Fsp3) is 0.200. The summed E-state index contributed by atoms with van der Waals surface area (Å²) in [5, 5.41) is 11.4. The van der Waals surface area contributed by atoms with E-state index in [1.807, 2.05) is 0 Å². The van der Waals surface area contributed by atoms with Gasteiger partial charge in [0.25, 0.3) is 11.1 Å². The summed E-state index contributed by atoms with van der Waals surface area (Å²) < 4.78 is 10.7. The van der Waals surface area contributed by atoms with E-state index in [0.29, 0.717) is 22.4 Å². The normalized spacial score (nSPS) is 10.9. The second kappa shape index (κ2) is 7.47. The molecule has 0 aliphatic carbocycles. The Morgan fingerprint density at radius 3 is 2.80 bits per heavy atom. The number of nitrogens with one attached hydrogen (secondary N) is 1. The van der Waals surface area contributed by atoms with Crippen molar-refractivity contribution in [2.45, 2.75) is 19.1 Å². The largest absolute Gasteiger partial charge is 0.469 e. The molecular formula is C15H12Cl2N4O3S. The number of halogens is 2. The van der Waals surface area contributed by atoms with Gasteiger partial charge in [0.2, 0.25) is 5.91 Å². The van der Waals surface area contributed by atoms with Crippen LogP contribution in [0.3, 0.4) is 0 Å². The second-order valence-electron chi connectivity index (χ2n) is 4.99. The highest BCUT2D eigenvalue weighted by Crippen LogP contribution is 2.27. The van der Waals surface area contributed by atoms with Crippen LogP contribution in [-0.2, 0) is 4.79 Å². The third-order valence-electron chi connectivity index (χ3n) is 3.19. The Balaban J connectivity index is 1.61. The van der Waals surface area contributed by atoms with E-state index in [4.69, 9.17) is 32.0 Å². The van der Waals surface area contributed by atoms with Crippen LogP contribution in [0.25, 0.3) is 11.5 Å². The van der Waals surface area contributed by atoms with Crippen molar-refractivity contribution in [3.8, 4) is 11.5 Å². The van der Waals surface area contributed by atoms with Gasteiger partial charge in [-0.1, -0.05) is 35.0 Å². The summed E-state index contributed by atoms with van der Waals surface area (Å²) in [6, 6.07) is 3.27. The summed E-state index contributed by atoms with van der Waals surface area (Å²) >= 11 is 13.0. The molecular weight excluding hydrogens is 387 g/mol. The average molecular weight is 399 g/mol. The maximum Gasteiger partial charge on any atom is 0.277 e. The molecule has 0 saturated carbocycles. The zero-order valence-corrected chi connectivity index (χ0v) is 15.5. The highest BCUT2D eigenvalue weighted by molar-refractivity contribution is 7.99. The van der Waals surface area contributed by atoms with E-state index >= 15 is 0 Å². The second-order valence-corrected chi connectivity index (χ2v) is 6.73. The topological polar surface area (TPSA) is 94.1 Å². The van der Waals surface area contributed by atoms with Crippen LogP contribution in [0.4, 0.5) is 5.82 Å². The Morgan fingerprint density at radius 1 is 1.28 bits per heavy atom. The molecule has 3 heterocycles. The molecule has 10 heteroatoms. The van der Waals surface area contributed by atoms with Crippen molar-refractivity contribution < 1.29 is 13.6 Å². The number of thioether (sulfide) groups is 1. The molecule has 0 atom stereocenters. The minimum atomic E-state index is -0.305. The van der Waals surface area contributed by atoms with Gasteiger partial charge in [0.05, 0.1) is 33.3 Å². The number of amides is 1. The van der Waals surface area contributed by atoms with Crippen molar-refractivity contribution in [3.63, 3.8) is 0 Å². The summed E-state index contributed by atoms with van der Waals surface area (Å²) in [4.78, 5) is 16.2. The van der Waals surface area contributed by atoms with Gasteiger partial charge in [-0.2, -0.15) is 0 Å². The Hall–Kier alpha value is -2.03. The first-order valence-corrected chi connectivity index (χ1v) is 8.81. The Morgan fingerprint density at radius 2 is 2.08 bits per heavy atom. The monoisotopic (exact) mass is 398 g/mol. The molecule has 130 valence electrons. The van der Waals surface area contributed by atoms with Gasteiger partial charge in [-0.25, -0.2) is 4.98 Å². The van der Waals surface area contributed by atoms with E-state index in [1.165, 1.54) is 6.07 Å². The molecule has 0 saturated heterocycles. The van der Waals surface area contributed by atoms with Gasteiger partial charge >= 0.3 is 0 Å². The predicted octanol–water partition coefficient (Wildman–Crippen LogP) is 4.38. The molecule has 0 fully saturated rings. The van der Waals surface area contributed by atoms with E-state index < -0.39 is 0 Å². The number of furan rings is 1. The Bertz CT molecular complexity index is 925. The highest BCUT2D eigenvalue weighted by Gasteiger charge is 2.15. The van der Waals surface area contributed by atoms with Crippen LogP contribution >= 0.6 is 35.0 Å². The molecule has 25 heavy (non-hydrogen) atoms. The molecule has 0 unspecified atom stereocenters. The number of hydrogen-bond donors (Lipinski definition) is 1. The molecule has 0 aliphatic heterocycles. The minimum Gasteiger partial charge on any atom is -0.469 e. The predicted molar refractivity (Wildman–Crippen MR) is 95.1 cm³/mol. The van der Waals surface area contributed by atoms with Crippen molar-refractivity contribution in [1.82, 2.24) is 15.2 Å². The molecule has 1 amide bonds. The van der Waals surface area contributed by atoms with Crippen molar-refractivity contribution >= 4 is 46.7 Å². The van der Waals surface area contributed by atoms with Crippen LogP contribution in [0.1, 0.15) is 11.5 Å². The van der Waals surface area contributed by atoms with Gasteiger partial charge in [-0.05, 0) is 26.0 Å². The molecule has 3 aromatic rings. The van der Waals surface area contributed by atoms with Crippen molar-refractivity contribution in [3.05, 3.63) is 39.9 Å². The van der Waals surface area contributed by atoms with Crippen molar-refractivity contribution in [2.24, 2.45) is 0 Å². The number of carbonyl (C=O) groups excluding carboxylic acids is 1. The highest BCUT2D eigenvalue weighted by atomic mass is 35.5. The number of aromatic nitrogens is 3. The van der Waals surface area contributed by atoms with Gasteiger partial charge in [-0.15, -0.1) is 10.2 Å². The molecule has 0 radical (unpaired) electrons. The molecule has 0 spiro atoms. The number of anilines is 1. The smallest absolute Gasteiger partial charge is 0.277 e. The fourth-order valence-electron chi connectivity index (χ4n) is 1.93.